The van der Waals surface area contributed by atoms with Gasteiger partial charge in [-0.25, -0.2) is 0 Å². The Morgan fingerprint density at radius 2 is 1.66 bits per heavy atom. The number of aliphatic hydroxyl groups is 7. The Balaban J connectivity index is 1.58. The molecule has 222 valence electrons. The molecule has 2 amide bonds. The van der Waals surface area contributed by atoms with Crippen molar-refractivity contribution in [3.8, 4) is 5.75 Å². The Hall–Kier alpha value is -3.51. The quantitative estimate of drug-likeness (QED) is 0.102. The van der Waals surface area contributed by atoms with Gasteiger partial charge in [-0.15, -0.1) is 0 Å². The summed E-state index contributed by atoms with van der Waals surface area (Å²) in [6.45, 7) is 2.60. The number of nitrogens with zero attached hydrogens (tertiary/aromatic N) is 2. The van der Waals surface area contributed by atoms with Gasteiger partial charge in [0.2, 0.25) is 0 Å². The molecule has 0 radical (unpaired) electrons. The van der Waals surface area contributed by atoms with Crippen LogP contribution in [0.4, 0.5) is 0 Å². The highest BCUT2D eigenvalue weighted by molar-refractivity contribution is 6.01. The Morgan fingerprint density at radius 1 is 1.02 bits per heavy atom. The molecule has 2 aromatic carbocycles. The fourth-order valence-corrected chi connectivity index (χ4v) is 4.66. The van der Waals surface area contributed by atoms with Crippen molar-refractivity contribution < 1.29 is 59.6 Å². The molecule has 0 aromatic heterocycles. The zero-order valence-corrected chi connectivity index (χ0v) is 21.9. The van der Waals surface area contributed by atoms with Crippen LogP contribution in [0.15, 0.2) is 42.5 Å². The van der Waals surface area contributed by atoms with E-state index in [4.69, 9.17) is 9.47 Å². The Morgan fingerprint density at radius 3 is 2.24 bits per heavy atom. The molecule has 1 saturated heterocycles. The smallest absolute Gasteiger partial charge is 0.351 e. The number of likely N-dealkylation sites (N-methyl/N-ethyl adjacent to an activating group) is 1. The molecular formula is C26H31N3O12. The largest absolute Gasteiger partial charge is 0.435 e. The topological polar surface area (TPSA) is 230 Å². The van der Waals surface area contributed by atoms with Crippen LogP contribution in [-0.4, -0.2) is 114 Å². The van der Waals surface area contributed by atoms with Crippen molar-refractivity contribution in [2.45, 2.75) is 36.4 Å². The van der Waals surface area contributed by atoms with Crippen LogP contribution in [0.2, 0.25) is 0 Å². The van der Waals surface area contributed by atoms with Crippen LogP contribution in [0.5, 0.6) is 5.75 Å². The van der Waals surface area contributed by atoms with E-state index >= 15 is 0 Å². The first-order valence-corrected chi connectivity index (χ1v) is 12.5. The van der Waals surface area contributed by atoms with E-state index in [1.54, 1.807) is 17.4 Å². The van der Waals surface area contributed by atoms with E-state index in [0.29, 0.717) is 19.8 Å². The molecule has 0 aliphatic carbocycles. The number of fused-ring (bicyclic) bond motifs is 1. The zero-order valence-electron chi connectivity index (χ0n) is 21.9. The summed E-state index contributed by atoms with van der Waals surface area (Å²) in [6, 6.07) is 10.0. The van der Waals surface area contributed by atoms with E-state index in [-0.39, 0.29) is 27.3 Å². The van der Waals surface area contributed by atoms with Gasteiger partial charge in [0.15, 0.2) is 6.29 Å². The number of carbonyl (C=O) groups excluding carboxylic acids is 3. The third-order valence-corrected chi connectivity index (χ3v) is 7.14. The van der Waals surface area contributed by atoms with E-state index in [2.05, 4.69) is 4.90 Å². The van der Waals surface area contributed by atoms with Crippen LogP contribution in [-0.2, 0) is 33.4 Å². The number of hydrogen-bond acceptors (Lipinski definition) is 13. The van der Waals surface area contributed by atoms with E-state index in [1.807, 2.05) is 0 Å². The summed E-state index contributed by atoms with van der Waals surface area (Å²) in [5, 5.41) is 75.2. The minimum Gasteiger partial charge on any atom is -0.435 e. The van der Waals surface area contributed by atoms with Gasteiger partial charge in [0, 0.05) is 37.8 Å². The monoisotopic (exact) mass is 577 g/mol. The predicted octanol–water partition coefficient (Wildman–Crippen LogP) is -3.36. The van der Waals surface area contributed by atoms with Crippen molar-refractivity contribution in [1.29, 1.82) is 0 Å². The molecule has 0 saturated carbocycles. The van der Waals surface area contributed by atoms with Crippen LogP contribution < -0.4 is 10.1 Å². The Bertz CT molecular complexity index is 1310. The standard InChI is InChI=1S/C26H31N3O12/c1-27-22(32)24(34,35)26(38,39)23(33,15-30)29-14-19-18(21(29)31)3-2-4-20(19)41-25(36,37)17-7-5-16(6-8-17)13-28-9-11-40-12-10-28/h2-8,15,33-39H,9-14H2,1H3,(H,27,32). The molecule has 15 heteroatoms. The lowest BCUT2D eigenvalue weighted by Crippen LogP contribution is -2.77. The maximum absolute atomic E-state index is 13.1. The molecule has 1 fully saturated rings. The first-order valence-electron chi connectivity index (χ1n) is 12.5. The van der Waals surface area contributed by atoms with E-state index in [1.165, 1.54) is 30.3 Å². The number of amides is 2. The molecule has 2 heterocycles. The van der Waals surface area contributed by atoms with E-state index in [0.717, 1.165) is 25.7 Å². The van der Waals surface area contributed by atoms with Crippen molar-refractivity contribution in [3.63, 3.8) is 0 Å². The second-order valence-corrected chi connectivity index (χ2v) is 9.74. The number of ether oxygens (including phenoxy) is 2. The maximum Gasteiger partial charge on any atom is 0.351 e. The number of nitrogens with one attached hydrogen (secondary N) is 1. The van der Waals surface area contributed by atoms with Crippen LogP contribution in [0.1, 0.15) is 27.0 Å². The summed E-state index contributed by atoms with van der Waals surface area (Å²) in [7, 11) is 0.910. The highest BCUT2D eigenvalue weighted by atomic mass is 16.8. The molecule has 1 atom stereocenters. The van der Waals surface area contributed by atoms with Crippen molar-refractivity contribution in [2.24, 2.45) is 0 Å². The van der Waals surface area contributed by atoms with Gasteiger partial charge in [-0.05, 0) is 29.8 Å². The van der Waals surface area contributed by atoms with Crippen LogP contribution in [0, 0.1) is 0 Å². The van der Waals surface area contributed by atoms with Gasteiger partial charge >= 0.3 is 11.8 Å². The summed E-state index contributed by atoms with van der Waals surface area (Å²) in [5.41, 5.74) is -3.31. The zero-order chi connectivity index (χ0) is 30.2. The minimum absolute atomic E-state index is 0.0629. The lowest BCUT2D eigenvalue weighted by molar-refractivity contribution is -0.399. The summed E-state index contributed by atoms with van der Waals surface area (Å²) < 4.78 is 10.8. The fourth-order valence-electron chi connectivity index (χ4n) is 4.66. The molecular weight excluding hydrogens is 546 g/mol. The molecule has 0 bridgehead atoms. The molecule has 15 nitrogen and oxygen atoms in total. The average Bonchev–Trinajstić information content (AvgIpc) is 3.30. The fraction of sp³-hybridized carbons (Fsp3) is 0.423. The Kier molecular flexibility index (Phi) is 8.21. The number of rotatable bonds is 10. The van der Waals surface area contributed by atoms with Crippen molar-refractivity contribution in [1.82, 2.24) is 15.1 Å². The van der Waals surface area contributed by atoms with Crippen molar-refractivity contribution in [3.05, 3.63) is 64.7 Å². The van der Waals surface area contributed by atoms with Crippen molar-refractivity contribution in [2.75, 3.05) is 33.4 Å². The van der Waals surface area contributed by atoms with Gasteiger partial charge in [0.05, 0.1) is 25.3 Å². The third-order valence-electron chi connectivity index (χ3n) is 7.14. The number of morpholine rings is 1. The minimum atomic E-state index is -4.33. The maximum atomic E-state index is 13.1. The lowest BCUT2D eigenvalue weighted by Gasteiger charge is -2.45. The number of hydrogen-bond donors (Lipinski definition) is 8. The normalized spacial score (nSPS) is 18.0. The van der Waals surface area contributed by atoms with E-state index < -0.39 is 47.9 Å². The molecule has 8 N–H and O–H groups in total. The molecule has 0 spiro atoms. The highest BCUT2D eigenvalue weighted by Gasteiger charge is 2.69. The SMILES string of the molecule is CNC(=O)C(O)(O)C(O)(O)C(O)(C=O)N1Cc2c(OC(O)(O)c3ccc(CN4CCOCC4)cc3)cccc2C1=O. The molecule has 41 heavy (non-hydrogen) atoms. The second-order valence-electron chi connectivity index (χ2n) is 9.74. The number of carbonyl (C=O) groups is 3. The van der Waals surface area contributed by atoms with Gasteiger partial charge in [0.1, 0.15) is 5.75 Å². The van der Waals surface area contributed by atoms with Gasteiger partial charge in [-0.3, -0.25) is 24.2 Å². The first-order chi connectivity index (χ1) is 19.2. The van der Waals surface area contributed by atoms with Gasteiger partial charge in [-0.2, -0.15) is 0 Å². The molecule has 1 unspecified atom stereocenters. The van der Waals surface area contributed by atoms with E-state index in [9.17, 15) is 50.1 Å². The number of benzene rings is 2. The summed E-state index contributed by atoms with van der Waals surface area (Å²) in [5.74, 6) is -14.7. The van der Waals surface area contributed by atoms with Gasteiger partial charge in [-0.1, -0.05) is 18.2 Å². The molecule has 4 rings (SSSR count). The van der Waals surface area contributed by atoms with Crippen LogP contribution in [0.3, 0.4) is 0 Å². The van der Waals surface area contributed by atoms with Gasteiger partial charge < -0.3 is 50.5 Å². The predicted molar refractivity (Wildman–Crippen MR) is 135 cm³/mol. The first kappa shape index (κ1) is 30.4. The highest BCUT2D eigenvalue weighted by Crippen LogP contribution is 2.40. The van der Waals surface area contributed by atoms with Crippen LogP contribution in [0.25, 0.3) is 0 Å². The number of aldehydes is 1. The second kappa shape index (κ2) is 11.1. The lowest BCUT2D eigenvalue weighted by atomic mass is 9.92. The third kappa shape index (κ3) is 5.30. The molecule has 2 aliphatic heterocycles. The Labute approximate surface area is 233 Å². The average molecular weight is 578 g/mol. The van der Waals surface area contributed by atoms with Crippen molar-refractivity contribution >= 4 is 18.1 Å². The molecule has 2 aliphatic rings. The summed E-state index contributed by atoms with van der Waals surface area (Å²) in [6.07, 6.45) is -0.553. The molecule has 2 aromatic rings. The van der Waals surface area contributed by atoms with Gasteiger partial charge in [0.25, 0.3) is 23.3 Å². The summed E-state index contributed by atoms with van der Waals surface area (Å²) >= 11 is 0. The summed E-state index contributed by atoms with van der Waals surface area (Å²) in [4.78, 5) is 39.3. The van der Waals surface area contributed by atoms with Crippen LogP contribution >= 0.6 is 0 Å².